The summed E-state index contributed by atoms with van der Waals surface area (Å²) in [5, 5.41) is 0. The Morgan fingerprint density at radius 3 is 2.50 bits per heavy atom. The fraction of sp³-hybridized carbons (Fsp3) is 0. The number of rotatable bonds is 1. The number of H-pyrrole nitrogens is 1. The fourth-order valence-electron chi connectivity index (χ4n) is 0.724. The number of nitrogens with one attached hydrogen (secondary N) is 1. The van der Waals surface area contributed by atoms with Crippen LogP contribution in [-0.4, -0.2) is 20.9 Å². The maximum absolute atomic E-state index is 10.4. The van der Waals surface area contributed by atoms with Crippen molar-refractivity contribution in [2.24, 2.45) is 5.73 Å². The third-order valence-electron chi connectivity index (χ3n) is 1.32. The standard InChI is InChI=1S/C6H6N2O.C3H4N2/c7-6(9)5-3-1-2-4-8-5;1-2-5-3-4-1/h1-4H,(H2,7,9);1-3H,(H,4,5). The van der Waals surface area contributed by atoms with Crippen LogP contribution in [-0.2, 0) is 0 Å². The summed E-state index contributed by atoms with van der Waals surface area (Å²) >= 11 is 0. The lowest BCUT2D eigenvalue weighted by atomic mass is 10.3. The molecule has 2 aromatic heterocycles. The zero-order chi connectivity index (χ0) is 10.2. The second-order valence-corrected chi connectivity index (χ2v) is 2.34. The number of imidazole rings is 1. The average molecular weight is 190 g/mol. The highest BCUT2D eigenvalue weighted by Gasteiger charge is 1.95. The Morgan fingerprint density at radius 2 is 2.21 bits per heavy atom. The third kappa shape index (κ3) is 3.48. The number of nitrogens with zero attached hydrogens (tertiary/aromatic N) is 2. The molecule has 5 nitrogen and oxygen atoms in total. The Bertz CT molecular complexity index is 340. The zero-order valence-corrected chi connectivity index (χ0v) is 7.42. The minimum absolute atomic E-state index is 0.303. The smallest absolute Gasteiger partial charge is 0.267 e. The van der Waals surface area contributed by atoms with Gasteiger partial charge >= 0.3 is 0 Å². The van der Waals surface area contributed by atoms with E-state index in [2.05, 4.69) is 15.0 Å². The summed E-state index contributed by atoms with van der Waals surface area (Å²) in [6, 6.07) is 5.02. The number of aromatic amines is 1. The third-order valence-corrected chi connectivity index (χ3v) is 1.32. The summed E-state index contributed by atoms with van der Waals surface area (Å²) in [4.78, 5) is 20.5. The van der Waals surface area contributed by atoms with Gasteiger partial charge in [-0.25, -0.2) is 4.98 Å². The Kier molecular flexibility index (Phi) is 3.87. The van der Waals surface area contributed by atoms with Crippen molar-refractivity contribution in [2.75, 3.05) is 0 Å². The molecular formula is C9H10N4O. The van der Waals surface area contributed by atoms with Crippen molar-refractivity contribution in [2.45, 2.75) is 0 Å². The normalized spacial score (nSPS) is 8.57. The molecule has 2 aromatic rings. The number of aromatic nitrogens is 3. The van der Waals surface area contributed by atoms with Gasteiger partial charge in [-0.3, -0.25) is 9.78 Å². The van der Waals surface area contributed by atoms with Gasteiger partial charge in [-0.05, 0) is 12.1 Å². The van der Waals surface area contributed by atoms with Crippen LogP contribution in [0.1, 0.15) is 10.5 Å². The molecule has 2 heterocycles. The number of carbonyl (C=O) groups excluding carboxylic acids is 1. The number of nitrogens with two attached hydrogens (primary N) is 1. The minimum atomic E-state index is -0.490. The lowest BCUT2D eigenvalue weighted by molar-refractivity contribution is 0.0995. The maximum atomic E-state index is 10.4. The van der Waals surface area contributed by atoms with Crippen LogP contribution >= 0.6 is 0 Å². The highest BCUT2D eigenvalue weighted by Crippen LogP contribution is 1.88. The predicted molar refractivity (Wildman–Crippen MR) is 51.3 cm³/mol. The van der Waals surface area contributed by atoms with E-state index in [9.17, 15) is 4.79 Å². The first-order valence-corrected chi connectivity index (χ1v) is 3.94. The van der Waals surface area contributed by atoms with Gasteiger partial charge in [0.25, 0.3) is 5.91 Å². The first-order chi connectivity index (χ1) is 6.80. The SMILES string of the molecule is NC(=O)c1ccccn1.c1c[nH]cn1. The minimum Gasteiger partial charge on any atom is -0.364 e. The number of hydrogen-bond donors (Lipinski definition) is 2. The Balaban J connectivity index is 0.000000165. The number of carbonyl (C=O) groups is 1. The number of hydrogen-bond acceptors (Lipinski definition) is 3. The van der Waals surface area contributed by atoms with Gasteiger partial charge in [0.15, 0.2) is 0 Å². The summed E-state index contributed by atoms with van der Waals surface area (Å²) in [7, 11) is 0. The summed E-state index contributed by atoms with van der Waals surface area (Å²) in [5.41, 5.74) is 5.22. The highest BCUT2D eigenvalue weighted by atomic mass is 16.1. The van der Waals surface area contributed by atoms with Crippen LogP contribution in [0.3, 0.4) is 0 Å². The Hall–Kier alpha value is -2.17. The first-order valence-electron chi connectivity index (χ1n) is 3.94. The Labute approximate surface area is 81.0 Å². The van der Waals surface area contributed by atoms with Crippen LogP contribution < -0.4 is 5.73 Å². The van der Waals surface area contributed by atoms with Crippen LogP contribution in [0.5, 0.6) is 0 Å². The van der Waals surface area contributed by atoms with E-state index in [-0.39, 0.29) is 0 Å². The van der Waals surface area contributed by atoms with Crippen LogP contribution in [0.25, 0.3) is 0 Å². The van der Waals surface area contributed by atoms with Gasteiger partial charge in [0.2, 0.25) is 0 Å². The van der Waals surface area contributed by atoms with Crippen molar-refractivity contribution in [1.29, 1.82) is 0 Å². The fourth-order valence-corrected chi connectivity index (χ4v) is 0.724. The maximum Gasteiger partial charge on any atom is 0.267 e. The number of primary amides is 1. The van der Waals surface area contributed by atoms with Crippen molar-refractivity contribution in [3.8, 4) is 0 Å². The molecule has 2 rings (SSSR count). The molecule has 0 aliphatic heterocycles. The second-order valence-electron chi connectivity index (χ2n) is 2.34. The molecule has 0 atom stereocenters. The van der Waals surface area contributed by atoms with Gasteiger partial charge in [0.1, 0.15) is 5.69 Å². The Morgan fingerprint density at radius 1 is 1.36 bits per heavy atom. The molecule has 5 heteroatoms. The molecule has 0 bridgehead atoms. The topological polar surface area (TPSA) is 84.7 Å². The quantitative estimate of drug-likeness (QED) is 0.690. The molecule has 0 fully saturated rings. The monoisotopic (exact) mass is 190 g/mol. The molecule has 0 unspecified atom stereocenters. The largest absolute Gasteiger partial charge is 0.364 e. The zero-order valence-electron chi connectivity index (χ0n) is 7.42. The van der Waals surface area contributed by atoms with Crippen LogP contribution in [0.2, 0.25) is 0 Å². The van der Waals surface area contributed by atoms with Gasteiger partial charge < -0.3 is 10.7 Å². The molecule has 0 saturated carbocycles. The first kappa shape index (κ1) is 9.91. The van der Waals surface area contributed by atoms with E-state index in [0.29, 0.717) is 5.69 Å². The molecule has 0 aliphatic rings. The van der Waals surface area contributed by atoms with E-state index in [1.165, 1.54) is 6.20 Å². The molecule has 0 radical (unpaired) electrons. The van der Waals surface area contributed by atoms with Crippen molar-refractivity contribution in [3.05, 3.63) is 48.8 Å². The summed E-state index contributed by atoms with van der Waals surface area (Å²) in [5.74, 6) is -0.490. The van der Waals surface area contributed by atoms with E-state index in [0.717, 1.165) is 0 Å². The van der Waals surface area contributed by atoms with E-state index < -0.39 is 5.91 Å². The van der Waals surface area contributed by atoms with Crippen LogP contribution in [0.15, 0.2) is 43.1 Å². The molecule has 0 spiro atoms. The summed E-state index contributed by atoms with van der Waals surface area (Å²) in [6.07, 6.45) is 6.61. The van der Waals surface area contributed by atoms with Gasteiger partial charge in [-0.2, -0.15) is 0 Å². The molecular weight excluding hydrogens is 180 g/mol. The summed E-state index contributed by atoms with van der Waals surface area (Å²) < 4.78 is 0. The van der Waals surface area contributed by atoms with E-state index in [1.54, 1.807) is 36.9 Å². The van der Waals surface area contributed by atoms with E-state index >= 15 is 0 Å². The van der Waals surface area contributed by atoms with Crippen molar-refractivity contribution < 1.29 is 4.79 Å². The molecule has 0 aliphatic carbocycles. The number of amides is 1. The van der Waals surface area contributed by atoms with Crippen molar-refractivity contribution >= 4 is 5.91 Å². The number of pyridine rings is 1. The van der Waals surface area contributed by atoms with E-state index in [1.807, 2.05) is 0 Å². The highest BCUT2D eigenvalue weighted by molar-refractivity contribution is 5.90. The molecule has 0 saturated heterocycles. The lowest BCUT2D eigenvalue weighted by Crippen LogP contribution is -2.12. The second kappa shape index (κ2) is 5.47. The van der Waals surface area contributed by atoms with Crippen LogP contribution in [0.4, 0.5) is 0 Å². The molecule has 1 amide bonds. The van der Waals surface area contributed by atoms with Crippen molar-refractivity contribution in [1.82, 2.24) is 15.0 Å². The predicted octanol–water partition coefficient (Wildman–Crippen LogP) is 0.590. The molecule has 0 aromatic carbocycles. The average Bonchev–Trinajstić information content (AvgIpc) is 2.77. The van der Waals surface area contributed by atoms with Crippen molar-refractivity contribution in [3.63, 3.8) is 0 Å². The molecule has 14 heavy (non-hydrogen) atoms. The summed E-state index contributed by atoms with van der Waals surface area (Å²) in [6.45, 7) is 0. The van der Waals surface area contributed by atoms with Gasteiger partial charge in [0.05, 0.1) is 6.33 Å². The van der Waals surface area contributed by atoms with Gasteiger partial charge in [0, 0.05) is 18.6 Å². The van der Waals surface area contributed by atoms with Gasteiger partial charge in [-0.15, -0.1) is 0 Å². The van der Waals surface area contributed by atoms with Gasteiger partial charge in [-0.1, -0.05) is 6.07 Å². The van der Waals surface area contributed by atoms with Crippen LogP contribution in [0, 0.1) is 0 Å². The van der Waals surface area contributed by atoms with E-state index in [4.69, 9.17) is 5.73 Å². The molecule has 3 N–H and O–H groups in total. The lowest BCUT2D eigenvalue weighted by Gasteiger charge is -1.88. The molecule has 72 valence electrons.